The molecule has 0 spiro atoms. The van der Waals surface area contributed by atoms with E-state index in [0.717, 1.165) is 34.0 Å². The first-order valence-electron chi connectivity index (χ1n) is 9.19. The van der Waals surface area contributed by atoms with Gasteiger partial charge in [0.1, 0.15) is 23.4 Å². The Morgan fingerprint density at radius 3 is 2.90 bits per heavy atom. The fraction of sp³-hybridized carbons (Fsp3) is 0.300. The number of aromatic amines is 1. The maximum Gasteiger partial charge on any atom is 0.258 e. The lowest BCUT2D eigenvalue weighted by atomic mass is 10.0. The lowest BCUT2D eigenvalue weighted by Gasteiger charge is -2.16. The molecule has 1 N–H and O–H groups in total. The van der Waals surface area contributed by atoms with E-state index in [-0.39, 0.29) is 0 Å². The normalized spacial score (nSPS) is 12.8. The third-order valence-corrected chi connectivity index (χ3v) is 5.34. The summed E-state index contributed by atoms with van der Waals surface area (Å²) in [7, 11) is 3.26. The van der Waals surface area contributed by atoms with Gasteiger partial charge in [-0.2, -0.15) is 10.1 Å². The minimum Gasteiger partial charge on any atom is -0.497 e. The van der Waals surface area contributed by atoms with Crippen molar-refractivity contribution in [3.8, 4) is 34.2 Å². The number of nitrogens with zero attached hydrogens (tertiary/aromatic N) is 5. The predicted octanol–water partition coefficient (Wildman–Crippen LogP) is 3.11. The number of hydrogen-bond donors (Lipinski definition) is 1. The van der Waals surface area contributed by atoms with Gasteiger partial charge in [0.2, 0.25) is 5.82 Å². The summed E-state index contributed by atoms with van der Waals surface area (Å²) in [6.07, 6.45) is 4.24. The molecule has 4 aromatic rings. The molecule has 1 aromatic carbocycles. The number of nitrogens with one attached hydrogen (secondary N) is 1. The van der Waals surface area contributed by atoms with Crippen molar-refractivity contribution in [2.45, 2.75) is 25.9 Å². The van der Waals surface area contributed by atoms with Crippen LogP contribution in [0.15, 0.2) is 35.2 Å². The van der Waals surface area contributed by atoms with Crippen LogP contribution < -0.4 is 4.74 Å². The van der Waals surface area contributed by atoms with E-state index >= 15 is 0 Å². The fourth-order valence-corrected chi connectivity index (χ4v) is 3.50. The highest BCUT2D eigenvalue weighted by atomic mass is 16.5. The Balaban J connectivity index is 1.68. The Morgan fingerprint density at radius 1 is 1.24 bits per heavy atom. The van der Waals surface area contributed by atoms with Crippen LogP contribution >= 0.6 is 0 Å². The van der Waals surface area contributed by atoms with Crippen LogP contribution in [-0.4, -0.2) is 44.1 Å². The van der Waals surface area contributed by atoms with E-state index in [1.807, 2.05) is 38.2 Å². The van der Waals surface area contributed by atoms with E-state index in [9.17, 15) is 0 Å². The van der Waals surface area contributed by atoms with E-state index in [2.05, 4.69) is 29.9 Å². The molecule has 4 heterocycles. The molecule has 0 bridgehead atoms. The van der Waals surface area contributed by atoms with Crippen LogP contribution in [0.25, 0.3) is 28.5 Å². The molecule has 0 amide bonds. The van der Waals surface area contributed by atoms with Gasteiger partial charge in [-0.3, -0.25) is 5.10 Å². The Kier molecular flexibility index (Phi) is 3.82. The highest BCUT2D eigenvalue weighted by Gasteiger charge is 2.30. The lowest BCUT2D eigenvalue weighted by molar-refractivity contribution is -0.00786. The average molecular weight is 392 g/mol. The second-order valence-electron chi connectivity index (χ2n) is 7.38. The Labute approximate surface area is 166 Å². The molecule has 148 valence electrons. The smallest absolute Gasteiger partial charge is 0.258 e. The number of hydrogen-bond acceptors (Lipinski definition) is 7. The largest absolute Gasteiger partial charge is 0.497 e. The number of H-pyrrole nitrogens is 1. The monoisotopic (exact) mass is 392 g/mol. The van der Waals surface area contributed by atoms with E-state index in [1.165, 1.54) is 0 Å². The minimum atomic E-state index is -0.678. The average Bonchev–Trinajstić information content (AvgIpc) is 3.46. The number of rotatable bonds is 4. The topological polar surface area (TPSA) is 104 Å². The molecule has 0 radical (unpaired) electrons. The second kappa shape index (κ2) is 6.28. The fourth-order valence-electron chi connectivity index (χ4n) is 3.50. The van der Waals surface area contributed by atoms with Gasteiger partial charge in [-0.1, -0.05) is 5.16 Å². The molecule has 29 heavy (non-hydrogen) atoms. The maximum atomic E-state index is 5.45. The van der Waals surface area contributed by atoms with E-state index in [0.29, 0.717) is 23.8 Å². The van der Waals surface area contributed by atoms with Crippen molar-refractivity contribution in [1.29, 1.82) is 0 Å². The van der Waals surface area contributed by atoms with Crippen molar-refractivity contribution in [3.63, 3.8) is 0 Å². The van der Waals surface area contributed by atoms with Gasteiger partial charge in [-0.05, 0) is 32.0 Å². The highest BCUT2D eigenvalue weighted by molar-refractivity contribution is 5.77. The molecule has 9 heteroatoms. The maximum absolute atomic E-state index is 5.45. The zero-order chi connectivity index (χ0) is 20.2. The van der Waals surface area contributed by atoms with Gasteiger partial charge in [-0.15, -0.1) is 0 Å². The number of aromatic nitrogens is 6. The van der Waals surface area contributed by atoms with Crippen LogP contribution in [0.3, 0.4) is 0 Å². The summed E-state index contributed by atoms with van der Waals surface area (Å²) >= 11 is 0. The van der Waals surface area contributed by atoms with Crippen LogP contribution in [0.5, 0.6) is 5.75 Å². The summed E-state index contributed by atoms with van der Waals surface area (Å²) in [4.78, 5) is 9.14. The van der Waals surface area contributed by atoms with Crippen molar-refractivity contribution in [3.05, 3.63) is 47.9 Å². The molecule has 0 saturated heterocycles. The van der Waals surface area contributed by atoms with Gasteiger partial charge in [0.05, 0.1) is 30.4 Å². The zero-order valence-electron chi connectivity index (χ0n) is 16.6. The summed E-state index contributed by atoms with van der Waals surface area (Å²) in [6, 6.07) is 5.93. The van der Waals surface area contributed by atoms with Gasteiger partial charge in [0.15, 0.2) is 0 Å². The first-order valence-corrected chi connectivity index (χ1v) is 9.19. The van der Waals surface area contributed by atoms with Gasteiger partial charge in [0.25, 0.3) is 5.89 Å². The summed E-state index contributed by atoms with van der Waals surface area (Å²) in [6.45, 7) is 3.75. The van der Waals surface area contributed by atoms with Crippen LogP contribution in [0, 0.1) is 0 Å². The molecule has 5 rings (SSSR count). The number of ether oxygens (including phenoxy) is 2. The summed E-state index contributed by atoms with van der Waals surface area (Å²) < 4.78 is 18.4. The SMILES string of the molecule is COc1ccc2c(c1)-c1[nH]ncc1Cc1c(-c3noc(C(C)(C)OC)n3)ncn1-2. The van der Waals surface area contributed by atoms with Crippen LogP contribution in [-0.2, 0) is 16.8 Å². The van der Waals surface area contributed by atoms with Crippen LogP contribution in [0.1, 0.15) is 31.0 Å². The number of benzene rings is 1. The molecule has 1 aliphatic heterocycles. The minimum absolute atomic E-state index is 0.402. The molecule has 1 aliphatic rings. The second-order valence-corrected chi connectivity index (χ2v) is 7.38. The molecular formula is C20H20N6O3. The lowest BCUT2D eigenvalue weighted by Crippen LogP contribution is -2.19. The third-order valence-electron chi connectivity index (χ3n) is 5.34. The van der Waals surface area contributed by atoms with Gasteiger partial charge in [0, 0.05) is 24.7 Å². The third kappa shape index (κ3) is 2.65. The summed E-state index contributed by atoms with van der Waals surface area (Å²) in [5, 5.41) is 11.5. The van der Waals surface area contributed by atoms with Crippen molar-refractivity contribution in [2.24, 2.45) is 0 Å². The standard InChI is InChI=1S/C20H20N6O3/c1-20(2,28-4)19-23-18(25-29-19)17-15-7-11-9-22-24-16(11)13-8-12(27-3)5-6-14(13)26(15)10-21-17/h5-6,8-10H,7H2,1-4H3,(H,22,24). The van der Waals surface area contributed by atoms with E-state index in [1.54, 1.807) is 20.5 Å². The van der Waals surface area contributed by atoms with Crippen molar-refractivity contribution >= 4 is 0 Å². The van der Waals surface area contributed by atoms with Crippen LogP contribution in [0.2, 0.25) is 0 Å². The Hall–Kier alpha value is -3.46. The van der Waals surface area contributed by atoms with Crippen LogP contribution in [0.4, 0.5) is 0 Å². The first-order chi connectivity index (χ1) is 14.0. The van der Waals surface area contributed by atoms with Gasteiger partial charge < -0.3 is 18.6 Å². The molecule has 9 nitrogen and oxygen atoms in total. The molecule has 3 aromatic heterocycles. The molecule has 0 saturated carbocycles. The molecule has 0 aliphatic carbocycles. The number of imidazole rings is 1. The molecular weight excluding hydrogens is 372 g/mol. The Morgan fingerprint density at radius 2 is 2.10 bits per heavy atom. The van der Waals surface area contributed by atoms with Crippen molar-refractivity contribution < 1.29 is 14.0 Å². The highest BCUT2D eigenvalue weighted by Crippen LogP contribution is 2.38. The van der Waals surface area contributed by atoms with E-state index in [4.69, 9.17) is 14.0 Å². The van der Waals surface area contributed by atoms with E-state index < -0.39 is 5.60 Å². The van der Waals surface area contributed by atoms with Crippen molar-refractivity contribution in [1.82, 2.24) is 29.9 Å². The first kappa shape index (κ1) is 17.6. The quantitative estimate of drug-likeness (QED) is 0.501. The zero-order valence-corrected chi connectivity index (χ0v) is 16.6. The molecule has 0 unspecified atom stereocenters. The van der Waals surface area contributed by atoms with Crippen molar-refractivity contribution in [2.75, 3.05) is 14.2 Å². The molecule has 0 fully saturated rings. The summed E-state index contributed by atoms with van der Waals surface area (Å²) in [5.41, 5.74) is 4.94. The predicted molar refractivity (Wildman–Crippen MR) is 104 cm³/mol. The van der Waals surface area contributed by atoms with Gasteiger partial charge >= 0.3 is 0 Å². The van der Waals surface area contributed by atoms with Gasteiger partial charge in [-0.25, -0.2) is 4.98 Å². The molecule has 0 atom stereocenters. The number of methoxy groups -OCH3 is 2. The Bertz CT molecular complexity index is 1200. The number of fused-ring (bicyclic) bond motifs is 5. The summed E-state index contributed by atoms with van der Waals surface area (Å²) in [5.74, 6) is 1.61.